The summed E-state index contributed by atoms with van der Waals surface area (Å²) in [6.45, 7) is 1.49. The number of anilines is 1. The summed E-state index contributed by atoms with van der Waals surface area (Å²) < 4.78 is 0.824. The second-order valence-electron chi connectivity index (χ2n) is 3.65. The van der Waals surface area contributed by atoms with Gasteiger partial charge in [-0.05, 0) is 26.2 Å². The van der Waals surface area contributed by atoms with Crippen molar-refractivity contribution in [1.82, 2.24) is 4.90 Å². The van der Waals surface area contributed by atoms with Crippen LogP contribution < -0.4 is 5.32 Å². The van der Waals surface area contributed by atoms with Crippen molar-refractivity contribution in [3.8, 4) is 0 Å². The quantitative estimate of drug-likeness (QED) is 0.667. The second-order valence-corrected chi connectivity index (χ2v) is 4.56. The highest BCUT2D eigenvalue weighted by Gasteiger charge is 2.12. The summed E-state index contributed by atoms with van der Waals surface area (Å²) in [4.78, 5) is 12.4. The Labute approximate surface area is 103 Å². The van der Waals surface area contributed by atoms with E-state index in [-0.39, 0.29) is 10.6 Å². The molecule has 0 bridgehead atoms. The van der Waals surface area contributed by atoms with Gasteiger partial charge in [-0.2, -0.15) is 0 Å². The number of likely N-dealkylation sites (N-methyl/N-ethyl adjacent to an activating group) is 1. The standard InChI is InChI=1S/C10H14BrN3O2/c1-13(2)6-5-12-9-7-8(11)3-4-10(9)14(15)16/h3-4,7,12H,5-6H2,1-2H3. The van der Waals surface area contributed by atoms with Gasteiger partial charge in [-0.25, -0.2) is 0 Å². The van der Waals surface area contributed by atoms with Crippen LogP contribution >= 0.6 is 15.9 Å². The molecule has 0 heterocycles. The number of rotatable bonds is 5. The topological polar surface area (TPSA) is 58.4 Å². The van der Waals surface area contributed by atoms with Gasteiger partial charge < -0.3 is 10.2 Å². The molecule has 0 atom stereocenters. The van der Waals surface area contributed by atoms with E-state index in [9.17, 15) is 10.1 Å². The summed E-state index contributed by atoms with van der Waals surface area (Å²) >= 11 is 3.29. The van der Waals surface area contributed by atoms with Crippen molar-refractivity contribution in [2.75, 3.05) is 32.5 Å². The molecule has 0 aliphatic heterocycles. The highest BCUT2D eigenvalue weighted by atomic mass is 79.9. The van der Waals surface area contributed by atoms with E-state index in [1.807, 2.05) is 19.0 Å². The van der Waals surface area contributed by atoms with Crippen molar-refractivity contribution in [3.05, 3.63) is 32.8 Å². The Hall–Kier alpha value is -1.14. The van der Waals surface area contributed by atoms with Gasteiger partial charge in [-0.3, -0.25) is 10.1 Å². The summed E-state index contributed by atoms with van der Waals surface area (Å²) in [5.41, 5.74) is 0.642. The van der Waals surface area contributed by atoms with E-state index in [0.717, 1.165) is 11.0 Å². The van der Waals surface area contributed by atoms with Gasteiger partial charge in [0.1, 0.15) is 5.69 Å². The van der Waals surface area contributed by atoms with Crippen LogP contribution in [0.3, 0.4) is 0 Å². The maximum atomic E-state index is 10.8. The Morgan fingerprint density at radius 2 is 2.19 bits per heavy atom. The molecule has 1 aromatic carbocycles. The average Bonchev–Trinajstić information content (AvgIpc) is 2.16. The summed E-state index contributed by atoms with van der Waals surface area (Å²) in [6.07, 6.45) is 0. The normalized spacial score (nSPS) is 10.5. The number of benzene rings is 1. The SMILES string of the molecule is CN(C)CCNc1cc(Br)ccc1[N+](=O)[O-]. The van der Waals surface area contributed by atoms with E-state index >= 15 is 0 Å². The van der Waals surface area contributed by atoms with Gasteiger partial charge in [0.25, 0.3) is 5.69 Å². The first kappa shape index (κ1) is 12.9. The van der Waals surface area contributed by atoms with Crippen LogP contribution in [0.4, 0.5) is 11.4 Å². The average molecular weight is 288 g/mol. The molecule has 0 unspecified atom stereocenters. The van der Waals surface area contributed by atoms with Gasteiger partial charge in [-0.1, -0.05) is 15.9 Å². The maximum Gasteiger partial charge on any atom is 0.292 e. The third kappa shape index (κ3) is 3.79. The Morgan fingerprint density at radius 3 is 2.75 bits per heavy atom. The van der Waals surface area contributed by atoms with Crippen molar-refractivity contribution in [3.63, 3.8) is 0 Å². The van der Waals surface area contributed by atoms with Crippen LogP contribution in [0.25, 0.3) is 0 Å². The molecule has 5 nitrogen and oxygen atoms in total. The van der Waals surface area contributed by atoms with Gasteiger partial charge in [0.2, 0.25) is 0 Å². The van der Waals surface area contributed by atoms with Gasteiger partial charge in [-0.15, -0.1) is 0 Å². The molecule has 0 spiro atoms. The molecule has 16 heavy (non-hydrogen) atoms. The Balaban J connectivity index is 2.76. The lowest BCUT2D eigenvalue weighted by atomic mass is 10.2. The minimum absolute atomic E-state index is 0.0990. The highest BCUT2D eigenvalue weighted by Crippen LogP contribution is 2.27. The fourth-order valence-corrected chi connectivity index (χ4v) is 1.58. The van der Waals surface area contributed by atoms with E-state index in [0.29, 0.717) is 12.2 Å². The molecule has 1 rings (SSSR count). The largest absolute Gasteiger partial charge is 0.378 e. The van der Waals surface area contributed by atoms with Crippen molar-refractivity contribution in [2.45, 2.75) is 0 Å². The summed E-state index contributed by atoms with van der Waals surface area (Å²) in [5.74, 6) is 0. The van der Waals surface area contributed by atoms with Gasteiger partial charge >= 0.3 is 0 Å². The smallest absolute Gasteiger partial charge is 0.292 e. The molecule has 0 aromatic heterocycles. The minimum Gasteiger partial charge on any atom is -0.378 e. The van der Waals surface area contributed by atoms with E-state index in [1.54, 1.807) is 12.1 Å². The number of nitro benzene ring substituents is 1. The fraction of sp³-hybridized carbons (Fsp3) is 0.400. The molecular formula is C10H14BrN3O2. The Kier molecular flexibility index (Phi) is 4.70. The Bertz CT molecular complexity index is 382. The Morgan fingerprint density at radius 1 is 1.50 bits per heavy atom. The molecule has 88 valence electrons. The number of hydrogen-bond donors (Lipinski definition) is 1. The molecule has 0 amide bonds. The van der Waals surface area contributed by atoms with E-state index in [1.165, 1.54) is 6.07 Å². The molecule has 0 aliphatic carbocycles. The predicted molar refractivity (Wildman–Crippen MR) is 67.8 cm³/mol. The first-order chi connectivity index (χ1) is 7.50. The van der Waals surface area contributed by atoms with Crippen LogP contribution in [-0.2, 0) is 0 Å². The predicted octanol–water partition coefficient (Wildman–Crippen LogP) is 2.33. The number of nitro groups is 1. The number of hydrogen-bond acceptors (Lipinski definition) is 4. The molecule has 0 fully saturated rings. The van der Waals surface area contributed by atoms with Crippen molar-refractivity contribution in [1.29, 1.82) is 0 Å². The van der Waals surface area contributed by atoms with Crippen LogP contribution in [0, 0.1) is 10.1 Å². The van der Waals surface area contributed by atoms with Crippen LogP contribution in [0.2, 0.25) is 0 Å². The molecule has 0 saturated heterocycles. The lowest BCUT2D eigenvalue weighted by molar-refractivity contribution is -0.384. The first-order valence-electron chi connectivity index (χ1n) is 4.83. The van der Waals surface area contributed by atoms with E-state index < -0.39 is 0 Å². The zero-order valence-corrected chi connectivity index (χ0v) is 10.8. The van der Waals surface area contributed by atoms with Crippen LogP contribution in [0.5, 0.6) is 0 Å². The molecule has 1 N–H and O–H groups in total. The zero-order chi connectivity index (χ0) is 12.1. The van der Waals surface area contributed by atoms with Gasteiger partial charge in [0, 0.05) is 23.6 Å². The lowest BCUT2D eigenvalue weighted by Gasteiger charge is -2.11. The van der Waals surface area contributed by atoms with Crippen molar-refractivity contribution < 1.29 is 4.92 Å². The molecule has 1 aromatic rings. The van der Waals surface area contributed by atoms with Gasteiger partial charge in [0.05, 0.1) is 4.92 Å². The molecule has 0 aliphatic rings. The third-order valence-electron chi connectivity index (χ3n) is 2.03. The summed E-state index contributed by atoms with van der Waals surface area (Å²) in [7, 11) is 3.91. The molecule has 6 heteroatoms. The summed E-state index contributed by atoms with van der Waals surface area (Å²) in [6, 6.07) is 4.87. The van der Waals surface area contributed by atoms with E-state index in [2.05, 4.69) is 21.2 Å². The molecular weight excluding hydrogens is 274 g/mol. The second kappa shape index (κ2) is 5.81. The van der Waals surface area contributed by atoms with E-state index in [4.69, 9.17) is 0 Å². The monoisotopic (exact) mass is 287 g/mol. The third-order valence-corrected chi connectivity index (χ3v) is 2.52. The van der Waals surface area contributed by atoms with Crippen molar-refractivity contribution >= 4 is 27.3 Å². The lowest BCUT2D eigenvalue weighted by Crippen LogP contribution is -2.21. The van der Waals surface area contributed by atoms with Crippen LogP contribution in [-0.4, -0.2) is 37.0 Å². The van der Waals surface area contributed by atoms with Crippen molar-refractivity contribution in [2.24, 2.45) is 0 Å². The van der Waals surface area contributed by atoms with Gasteiger partial charge in [0.15, 0.2) is 0 Å². The zero-order valence-electron chi connectivity index (χ0n) is 9.24. The molecule has 0 saturated carbocycles. The molecule has 0 radical (unpaired) electrons. The minimum atomic E-state index is -0.384. The number of halogens is 1. The number of nitrogens with zero attached hydrogens (tertiary/aromatic N) is 2. The maximum absolute atomic E-state index is 10.8. The van der Waals surface area contributed by atoms with Crippen LogP contribution in [0.1, 0.15) is 0 Å². The fourth-order valence-electron chi connectivity index (χ4n) is 1.22. The highest BCUT2D eigenvalue weighted by molar-refractivity contribution is 9.10. The number of nitrogens with one attached hydrogen (secondary N) is 1. The van der Waals surface area contributed by atoms with Crippen LogP contribution in [0.15, 0.2) is 22.7 Å². The summed E-state index contributed by atoms with van der Waals surface area (Å²) in [5, 5.41) is 13.8. The first-order valence-corrected chi connectivity index (χ1v) is 5.62.